The summed E-state index contributed by atoms with van der Waals surface area (Å²) in [5, 5.41) is 9.25. The Hall–Kier alpha value is -0.860. The van der Waals surface area contributed by atoms with Gasteiger partial charge < -0.3 is 10.8 Å². The first-order valence-corrected chi connectivity index (χ1v) is 5.72. The Balaban J connectivity index is 2.06. The van der Waals surface area contributed by atoms with Crippen molar-refractivity contribution in [3.8, 4) is 0 Å². The minimum atomic E-state index is 0.190. The number of hydrogen-bond acceptors (Lipinski definition) is 2. The molecule has 0 amide bonds. The second kappa shape index (κ2) is 4.77. The minimum Gasteiger partial charge on any atom is -0.396 e. The molecule has 0 unspecified atom stereocenters. The number of aliphatic hydroxyl groups is 1. The standard InChI is InChI=1S/C13H19NO/c14-13-7-6-11(8-12(13)9-15)10-4-2-1-3-5-10/h1-5,11-13,15H,6-9,14H2/t11-,12-,13-/m0/s1. The largest absolute Gasteiger partial charge is 0.396 e. The first kappa shape index (κ1) is 10.7. The van der Waals surface area contributed by atoms with Gasteiger partial charge in [-0.2, -0.15) is 0 Å². The first-order valence-electron chi connectivity index (χ1n) is 5.72. The van der Waals surface area contributed by atoms with Crippen LogP contribution in [0, 0.1) is 5.92 Å². The van der Waals surface area contributed by atoms with Crippen LogP contribution in [-0.4, -0.2) is 17.8 Å². The summed E-state index contributed by atoms with van der Waals surface area (Å²) in [7, 11) is 0. The summed E-state index contributed by atoms with van der Waals surface area (Å²) in [6, 6.07) is 10.7. The van der Waals surface area contributed by atoms with Crippen LogP contribution >= 0.6 is 0 Å². The molecule has 2 heteroatoms. The number of benzene rings is 1. The molecule has 0 radical (unpaired) electrons. The Kier molecular flexibility index (Phi) is 3.39. The van der Waals surface area contributed by atoms with E-state index >= 15 is 0 Å². The molecule has 3 atom stereocenters. The number of aliphatic hydroxyl groups excluding tert-OH is 1. The topological polar surface area (TPSA) is 46.2 Å². The molecule has 1 saturated carbocycles. The first-order chi connectivity index (χ1) is 7.31. The Bertz CT molecular complexity index is 299. The van der Waals surface area contributed by atoms with Crippen LogP contribution in [0.5, 0.6) is 0 Å². The monoisotopic (exact) mass is 205 g/mol. The minimum absolute atomic E-state index is 0.190. The zero-order valence-electron chi connectivity index (χ0n) is 8.97. The normalized spacial score (nSPS) is 31.5. The van der Waals surface area contributed by atoms with Gasteiger partial charge in [0.15, 0.2) is 0 Å². The molecule has 0 aliphatic heterocycles. The molecule has 1 aromatic rings. The van der Waals surface area contributed by atoms with E-state index in [0.717, 1.165) is 19.3 Å². The fourth-order valence-electron chi connectivity index (χ4n) is 2.53. The van der Waals surface area contributed by atoms with Crippen molar-refractivity contribution in [1.29, 1.82) is 0 Å². The fourth-order valence-corrected chi connectivity index (χ4v) is 2.53. The van der Waals surface area contributed by atoms with E-state index in [-0.39, 0.29) is 18.6 Å². The lowest BCUT2D eigenvalue weighted by Crippen LogP contribution is -2.37. The van der Waals surface area contributed by atoms with E-state index in [1.165, 1.54) is 5.56 Å². The van der Waals surface area contributed by atoms with Gasteiger partial charge in [-0.1, -0.05) is 30.3 Å². The summed E-state index contributed by atoms with van der Waals surface area (Å²) >= 11 is 0. The smallest absolute Gasteiger partial charge is 0.0474 e. The van der Waals surface area contributed by atoms with Gasteiger partial charge in [0.05, 0.1) is 0 Å². The highest BCUT2D eigenvalue weighted by molar-refractivity contribution is 5.20. The maximum atomic E-state index is 9.25. The molecular formula is C13H19NO. The Morgan fingerprint density at radius 1 is 1.20 bits per heavy atom. The second-order valence-electron chi connectivity index (χ2n) is 4.53. The molecule has 82 valence electrons. The van der Waals surface area contributed by atoms with Crippen LogP contribution in [0.25, 0.3) is 0 Å². The zero-order valence-corrected chi connectivity index (χ0v) is 8.97. The summed E-state index contributed by atoms with van der Waals surface area (Å²) in [4.78, 5) is 0. The van der Waals surface area contributed by atoms with Gasteiger partial charge in [-0.05, 0) is 36.7 Å². The maximum absolute atomic E-state index is 9.25. The number of hydrogen-bond donors (Lipinski definition) is 2. The molecule has 2 rings (SSSR count). The van der Waals surface area contributed by atoms with Crippen LogP contribution < -0.4 is 5.73 Å². The van der Waals surface area contributed by atoms with Gasteiger partial charge in [-0.15, -0.1) is 0 Å². The number of rotatable bonds is 2. The molecule has 3 N–H and O–H groups in total. The molecule has 0 spiro atoms. The van der Waals surface area contributed by atoms with Crippen molar-refractivity contribution >= 4 is 0 Å². The van der Waals surface area contributed by atoms with Crippen molar-refractivity contribution in [1.82, 2.24) is 0 Å². The van der Waals surface area contributed by atoms with Crippen molar-refractivity contribution in [2.45, 2.75) is 31.2 Å². The predicted molar refractivity (Wildman–Crippen MR) is 61.6 cm³/mol. The molecule has 1 aliphatic carbocycles. The zero-order chi connectivity index (χ0) is 10.7. The summed E-state index contributed by atoms with van der Waals surface area (Å²) < 4.78 is 0. The van der Waals surface area contributed by atoms with E-state index in [4.69, 9.17) is 5.73 Å². The molecule has 1 aromatic carbocycles. The highest BCUT2D eigenvalue weighted by Gasteiger charge is 2.28. The number of nitrogens with two attached hydrogens (primary N) is 1. The van der Waals surface area contributed by atoms with Crippen LogP contribution in [-0.2, 0) is 0 Å². The lowest BCUT2D eigenvalue weighted by atomic mass is 9.76. The molecular weight excluding hydrogens is 186 g/mol. The third-order valence-electron chi connectivity index (χ3n) is 3.55. The van der Waals surface area contributed by atoms with Gasteiger partial charge in [-0.3, -0.25) is 0 Å². The van der Waals surface area contributed by atoms with Gasteiger partial charge in [-0.25, -0.2) is 0 Å². The highest BCUT2D eigenvalue weighted by atomic mass is 16.3. The quantitative estimate of drug-likeness (QED) is 0.774. The summed E-state index contributed by atoms with van der Waals surface area (Å²) in [5.41, 5.74) is 7.36. The van der Waals surface area contributed by atoms with E-state index in [0.29, 0.717) is 5.92 Å². The van der Waals surface area contributed by atoms with E-state index in [9.17, 15) is 5.11 Å². The van der Waals surface area contributed by atoms with Crippen molar-refractivity contribution in [3.05, 3.63) is 35.9 Å². The van der Waals surface area contributed by atoms with Gasteiger partial charge in [0, 0.05) is 12.6 Å². The molecule has 1 fully saturated rings. The van der Waals surface area contributed by atoms with Gasteiger partial charge >= 0.3 is 0 Å². The van der Waals surface area contributed by atoms with E-state index in [1.807, 2.05) is 6.07 Å². The lowest BCUT2D eigenvalue weighted by molar-refractivity contribution is 0.160. The van der Waals surface area contributed by atoms with E-state index in [1.54, 1.807) is 0 Å². The highest BCUT2D eigenvalue weighted by Crippen LogP contribution is 2.35. The van der Waals surface area contributed by atoms with Crippen molar-refractivity contribution in [2.24, 2.45) is 11.7 Å². The fraction of sp³-hybridized carbons (Fsp3) is 0.538. The molecule has 1 aliphatic rings. The van der Waals surface area contributed by atoms with Crippen molar-refractivity contribution in [3.63, 3.8) is 0 Å². The summed E-state index contributed by atoms with van der Waals surface area (Å²) in [6.07, 6.45) is 3.22. The van der Waals surface area contributed by atoms with Crippen LogP contribution in [0.4, 0.5) is 0 Å². The molecule has 0 bridgehead atoms. The average molecular weight is 205 g/mol. The van der Waals surface area contributed by atoms with E-state index in [2.05, 4.69) is 24.3 Å². The maximum Gasteiger partial charge on any atom is 0.0474 e. The molecule has 0 heterocycles. The third-order valence-corrected chi connectivity index (χ3v) is 3.55. The molecule has 2 nitrogen and oxygen atoms in total. The molecule has 0 saturated heterocycles. The van der Waals surface area contributed by atoms with Gasteiger partial charge in [0.25, 0.3) is 0 Å². The summed E-state index contributed by atoms with van der Waals surface area (Å²) in [5.74, 6) is 0.868. The van der Waals surface area contributed by atoms with Crippen LogP contribution in [0.1, 0.15) is 30.7 Å². The van der Waals surface area contributed by atoms with Crippen molar-refractivity contribution < 1.29 is 5.11 Å². The Morgan fingerprint density at radius 2 is 1.93 bits per heavy atom. The van der Waals surface area contributed by atoms with Gasteiger partial charge in [0.1, 0.15) is 0 Å². The van der Waals surface area contributed by atoms with Crippen LogP contribution in [0.2, 0.25) is 0 Å². The Morgan fingerprint density at radius 3 is 2.60 bits per heavy atom. The van der Waals surface area contributed by atoms with E-state index < -0.39 is 0 Å². The SMILES string of the molecule is N[C@H]1CC[C@H](c2ccccc2)C[C@H]1CO. The second-order valence-corrected chi connectivity index (χ2v) is 4.53. The lowest BCUT2D eigenvalue weighted by Gasteiger charge is -2.33. The van der Waals surface area contributed by atoms with Crippen LogP contribution in [0.3, 0.4) is 0 Å². The van der Waals surface area contributed by atoms with Gasteiger partial charge in [0.2, 0.25) is 0 Å². The van der Waals surface area contributed by atoms with Crippen LogP contribution in [0.15, 0.2) is 30.3 Å². The van der Waals surface area contributed by atoms with Crippen molar-refractivity contribution in [2.75, 3.05) is 6.61 Å². The predicted octanol–water partition coefficient (Wildman–Crippen LogP) is 1.89. The molecule has 15 heavy (non-hydrogen) atoms. The summed E-state index contributed by atoms with van der Waals surface area (Å²) in [6.45, 7) is 0.227. The Labute approximate surface area is 91.1 Å². The molecule has 0 aromatic heterocycles. The third kappa shape index (κ3) is 2.39. The average Bonchev–Trinajstić information content (AvgIpc) is 2.31.